The van der Waals surface area contributed by atoms with E-state index in [9.17, 15) is 4.79 Å². The second-order valence-corrected chi connectivity index (χ2v) is 5.12. The second kappa shape index (κ2) is 4.21. The number of aromatic nitrogens is 2. The lowest BCUT2D eigenvalue weighted by Crippen LogP contribution is -2.17. The predicted molar refractivity (Wildman–Crippen MR) is 63.6 cm³/mol. The number of carbonyl (C=O) groups excluding carboxylic acids is 1. The Kier molecular flexibility index (Phi) is 3.06. The summed E-state index contributed by atoms with van der Waals surface area (Å²) in [5.74, 6) is 1.07. The molecule has 0 N–H and O–H groups in total. The third-order valence-electron chi connectivity index (χ3n) is 3.44. The lowest BCUT2D eigenvalue weighted by Gasteiger charge is -2.09. The zero-order chi connectivity index (χ0) is 11.9. The molecule has 4 heteroatoms. The van der Waals surface area contributed by atoms with Gasteiger partial charge in [-0.15, -0.1) is 0 Å². The molecule has 0 aromatic carbocycles. The zero-order valence-electron chi connectivity index (χ0n) is 9.96. The summed E-state index contributed by atoms with van der Waals surface area (Å²) in [5.41, 5.74) is 1.64. The smallest absolute Gasteiger partial charge is 0.141 e. The quantitative estimate of drug-likeness (QED) is 0.811. The Bertz CT molecular complexity index is 421. The number of ketones is 1. The zero-order valence-corrected chi connectivity index (χ0v) is 10.7. The van der Waals surface area contributed by atoms with Crippen LogP contribution in [0, 0.1) is 18.8 Å². The molecule has 2 rings (SSSR count). The highest BCUT2D eigenvalue weighted by Crippen LogP contribution is 2.37. The average Bonchev–Trinajstić information content (AvgIpc) is 3.03. The van der Waals surface area contributed by atoms with Gasteiger partial charge in [0.25, 0.3) is 0 Å². The second-order valence-electron chi connectivity index (χ2n) is 4.74. The van der Waals surface area contributed by atoms with Crippen molar-refractivity contribution in [3.63, 3.8) is 0 Å². The van der Waals surface area contributed by atoms with Gasteiger partial charge in [0.05, 0.1) is 22.8 Å². The van der Waals surface area contributed by atoms with E-state index in [4.69, 9.17) is 11.6 Å². The molecule has 1 aromatic heterocycles. The molecule has 1 aliphatic carbocycles. The number of Topliss-reactive ketones (excluding diaryl/α,β-unsaturated/α-hetero) is 1. The standard InChI is InChI=1S/C12H17ClN2O/c1-7(9-4-5-9)11(16)6-10-12(13)8(2)14-15(10)3/h7,9H,4-6H2,1-3H3. The minimum absolute atomic E-state index is 0.172. The Balaban J connectivity index is 2.10. The van der Waals surface area contributed by atoms with Crippen molar-refractivity contribution in [2.45, 2.75) is 33.1 Å². The van der Waals surface area contributed by atoms with Gasteiger partial charge < -0.3 is 0 Å². The van der Waals surface area contributed by atoms with Crippen molar-refractivity contribution in [1.82, 2.24) is 9.78 Å². The van der Waals surface area contributed by atoms with Crippen LogP contribution >= 0.6 is 11.6 Å². The van der Waals surface area contributed by atoms with Gasteiger partial charge in [-0.05, 0) is 25.7 Å². The lowest BCUT2D eigenvalue weighted by atomic mass is 9.97. The lowest BCUT2D eigenvalue weighted by molar-refractivity contribution is -0.122. The maximum Gasteiger partial charge on any atom is 0.141 e. The van der Waals surface area contributed by atoms with Gasteiger partial charge in [-0.2, -0.15) is 5.10 Å². The van der Waals surface area contributed by atoms with E-state index >= 15 is 0 Å². The van der Waals surface area contributed by atoms with Gasteiger partial charge in [0.15, 0.2) is 0 Å². The summed E-state index contributed by atoms with van der Waals surface area (Å²) in [6, 6.07) is 0. The van der Waals surface area contributed by atoms with Crippen LogP contribution in [0.2, 0.25) is 5.02 Å². The van der Waals surface area contributed by atoms with Crippen LogP contribution in [0.4, 0.5) is 0 Å². The Hall–Kier alpha value is -0.830. The first kappa shape index (κ1) is 11.6. The van der Waals surface area contributed by atoms with Crippen LogP contribution in [0.15, 0.2) is 0 Å². The van der Waals surface area contributed by atoms with Crippen LogP contribution in [-0.4, -0.2) is 15.6 Å². The number of rotatable bonds is 4. The first-order chi connectivity index (χ1) is 7.50. The van der Waals surface area contributed by atoms with Gasteiger partial charge in [0.1, 0.15) is 5.78 Å². The molecule has 1 heterocycles. The van der Waals surface area contributed by atoms with E-state index in [0.717, 1.165) is 11.4 Å². The first-order valence-electron chi connectivity index (χ1n) is 5.71. The molecule has 0 bridgehead atoms. The molecule has 88 valence electrons. The molecule has 0 radical (unpaired) electrons. The summed E-state index contributed by atoms with van der Waals surface area (Å²) in [6.07, 6.45) is 2.81. The molecule has 0 saturated heterocycles. The van der Waals surface area contributed by atoms with E-state index in [1.165, 1.54) is 12.8 Å². The molecule has 0 aliphatic heterocycles. The van der Waals surface area contributed by atoms with E-state index in [-0.39, 0.29) is 11.7 Å². The number of carbonyl (C=O) groups is 1. The highest BCUT2D eigenvalue weighted by Gasteiger charge is 2.33. The van der Waals surface area contributed by atoms with Crippen molar-refractivity contribution < 1.29 is 4.79 Å². The molecule has 16 heavy (non-hydrogen) atoms. The van der Waals surface area contributed by atoms with Gasteiger partial charge in [0, 0.05) is 13.0 Å². The highest BCUT2D eigenvalue weighted by molar-refractivity contribution is 6.32. The Labute approximate surface area is 101 Å². The first-order valence-corrected chi connectivity index (χ1v) is 6.09. The third kappa shape index (κ3) is 2.14. The van der Waals surface area contributed by atoms with Crippen molar-refractivity contribution in [3.8, 4) is 0 Å². The molecule has 1 aromatic rings. The summed E-state index contributed by atoms with van der Waals surface area (Å²) in [6.45, 7) is 3.89. The summed E-state index contributed by atoms with van der Waals surface area (Å²) >= 11 is 6.12. The number of hydrogen-bond acceptors (Lipinski definition) is 2. The summed E-state index contributed by atoms with van der Waals surface area (Å²) < 4.78 is 1.72. The number of halogens is 1. The van der Waals surface area contributed by atoms with Crippen molar-refractivity contribution in [2.24, 2.45) is 18.9 Å². The average molecular weight is 241 g/mol. The molecule has 3 nitrogen and oxygen atoms in total. The largest absolute Gasteiger partial charge is 0.299 e. The number of hydrogen-bond donors (Lipinski definition) is 0. The van der Waals surface area contributed by atoms with Crippen LogP contribution in [-0.2, 0) is 18.3 Å². The Morgan fingerprint density at radius 2 is 2.25 bits per heavy atom. The van der Waals surface area contributed by atoms with E-state index in [0.29, 0.717) is 17.4 Å². The number of aryl methyl sites for hydroxylation is 2. The molecule has 1 unspecified atom stereocenters. The minimum Gasteiger partial charge on any atom is -0.299 e. The van der Waals surface area contributed by atoms with Crippen LogP contribution in [0.3, 0.4) is 0 Å². The van der Waals surface area contributed by atoms with Crippen LogP contribution < -0.4 is 0 Å². The summed E-state index contributed by atoms with van der Waals surface area (Å²) in [4.78, 5) is 12.0. The fourth-order valence-electron chi connectivity index (χ4n) is 2.06. The molecule has 1 fully saturated rings. The third-order valence-corrected chi connectivity index (χ3v) is 3.93. The maximum absolute atomic E-state index is 12.0. The van der Waals surface area contributed by atoms with Crippen molar-refractivity contribution >= 4 is 17.4 Å². The topological polar surface area (TPSA) is 34.9 Å². The van der Waals surface area contributed by atoms with Gasteiger partial charge >= 0.3 is 0 Å². The van der Waals surface area contributed by atoms with E-state index in [2.05, 4.69) is 5.10 Å². The minimum atomic E-state index is 0.172. The van der Waals surface area contributed by atoms with E-state index in [1.807, 2.05) is 20.9 Å². The molecule has 0 spiro atoms. The fraction of sp³-hybridized carbons (Fsp3) is 0.667. The summed E-state index contributed by atoms with van der Waals surface area (Å²) in [7, 11) is 1.84. The molecule has 1 aliphatic rings. The van der Waals surface area contributed by atoms with Crippen LogP contribution in [0.5, 0.6) is 0 Å². The number of nitrogens with zero attached hydrogens (tertiary/aromatic N) is 2. The molecular weight excluding hydrogens is 224 g/mol. The molecule has 1 saturated carbocycles. The Morgan fingerprint density at radius 3 is 2.69 bits per heavy atom. The summed E-state index contributed by atoms with van der Waals surface area (Å²) in [5, 5.41) is 4.85. The molecular formula is C12H17ClN2O. The van der Waals surface area contributed by atoms with Crippen LogP contribution in [0.25, 0.3) is 0 Å². The van der Waals surface area contributed by atoms with Crippen LogP contribution in [0.1, 0.15) is 31.2 Å². The normalized spacial score (nSPS) is 17.5. The highest BCUT2D eigenvalue weighted by atomic mass is 35.5. The van der Waals surface area contributed by atoms with Crippen molar-refractivity contribution in [3.05, 3.63) is 16.4 Å². The predicted octanol–water partition coefficient (Wildman–Crippen LogP) is 2.54. The van der Waals surface area contributed by atoms with E-state index in [1.54, 1.807) is 4.68 Å². The molecule has 0 amide bonds. The van der Waals surface area contributed by atoms with Gasteiger partial charge in [-0.25, -0.2) is 0 Å². The molecule has 1 atom stereocenters. The maximum atomic E-state index is 12.0. The monoisotopic (exact) mass is 240 g/mol. The van der Waals surface area contributed by atoms with E-state index < -0.39 is 0 Å². The van der Waals surface area contributed by atoms with Crippen molar-refractivity contribution in [2.75, 3.05) is 0 Å². The van der Waals surface area contributed by atoms with Gasteiger partial charge in [0.2, 0.25) is 0 Å². The fourth-order valence-corrected chi connectivity index (χ4v) is 2.28. The van der Waals surface area contributed by atoms with Gasteiger partial charge in [-0.3, -0.25) is 9.48 Å². The van der Waals surface area contributed by atoms with Gasteiger partial charge in [-0.1, -0.05) is 18.5 Å². The Morgan fingerprint density at radius 1 is 1.62 bits per heavy atom. The van der Waals surface area contributed by atoms with Crippen molar-refractivity contribution in [1.29, 1.82) is 0 Å². The SMILES string of the molecule is Cc1nn(C)c(CC(=O)C(C)C2CC2)c1Cl.